The van der Waals surface area contributed by atoms with E-state index in [4.69, 9.17) is 15.9 Å². The van der Waals surface area contributed by atoms with Gasteiger partial charge in [-0.2, -0.15) is 11.8 Å². The molecule has 0 radical (unpaired) electrons. The van der Waals surface area contributed by atoms with Gasteiger partial charge in [0.1, 0.15) is 12.1 Å². The molecular formula is C13H23N3O6S. The van der Waals surface area contributed by atoms with Gasteiger partial charge in [0.05, 0.1) is 6.04 Å². The molecule has 0 bridgehead atoms. The molecule has 0 heterocycles. The van der Waals surface area contributed by atoms with Crippen LogP contribution in [0.4, 0.5) is 0 Å². The SMILES string of the molecule is CSCCC(N)C(=O)NC(CCC(=O)O)C(=O)NC(C)C(=O)O. The zero-order valence-corrected chi connectivity index (χ0v) is 13.9. The summed E-state index contributed by atoms with van der Waals surface area (Å²) in [6, 6.07) is -3.13. The lowest BCUT2D eigenvalue weighted by Crippen LogP contribution is -2.54. The van der Waals surface area contributed by atoms with Crippen molar-refractivity contribution in [3.63, 3.8) is 0 Å². The monoisotopic (exact) mass is 349 g/mol. The van der Waals surface area contributed by atoms with Crippen LogP contribution in [-0.4, -0.2) is 64.1 Å². The quantitative estimate of drug-likeness (QED) is 0.318. The van der Waals surface area contributed by atoms with Gasteiger partial charge in [0, 0.05) is 6.42 Å². The molecular weight excluding hydrogens is 326 g/mol. The molecule has 0 fully saturated rings. The van der Waals surface area contributed by atoms with Crippen molar-refractivity contribution >= 4 is 35.5 Å². The third-order valence-corrected chi connectivity index (χ3v) is 3.62. The van der Waals surface area contributed by atoms with E-state index in [0.717, 1.165) is 0 Å². The van der Waals surface area contributed by atoms with E-state index in [0.29, 0.717) is 12.2 Å². The summed E-state index contributed by atoms with van der Waals surface area (Å²) in [6.07, 6.45) is 1.77. The molecule has 9 nitrogen and oxygen atoms in total. The normalized spacial score (nSPS) is 14.4. The molecule has 0 aliphatic carbocycles. The van der Waals surface area contributed by atoms with Gasteiger partial charge in [0.25, 0.3) is 0 Å². The van der Waals surface area contributed by atoms with Crippen molar-refractivity contribution in [3.05, 3.63) is 0 Å². The highest BCUT2D eigenvalue weighted by molar-refractivity contribution is 7.98. The van der Waals surface area contributed by atoms with Crippen LogP contribution in [-0.2, 0) is 19.2 Å². The van der Waals surface area contributed by atoms with Crippen LogP contribution in [0.2, 0.25) is 0 Å². The van der Waals surface area contributed by atoms with Crippen LogP contribution in [0.3, 0.4) is 0 Å². The molecule has 0 aromatic heterocycles. The molecule has 0 saturated carbocycles. The molecule has 6 N–H and O–H groups in total. The summed E-state index contributed by atoms with van der Waals surface area (Å²) in [7, 11) is 0. The van der Waals surface area contributed by atoms with E-state index in [9.17, 15) is 19.2 Å². The number of carbonyl (C=O) groups is 4. The Morgan fingerprint density at radius 3 is 2.17 bits per heavy atom. The van der Waals surface area contributed by atoms with Gasteiger partial charge < -0.3 is 26.6 Å². The molecule has 23 heavy (non-hydrogen) atoms. The fourth-order valence-electron chi connectivity index (χ4n) is 1.57. The van der Waals surface area contributed by atoms with Crippen molar-refractivity contribution in [2.24, 2.45) is 5.73 Å². The summed E-state index contributed by atoms with van der Waals surface area (Å²) in [5.41, 5.74) is 5.69. The van der Waals surface area contributed by atoms with Crippen molar-refractivity contribution in [3.8, 4) is 0 Å². The maximum atomic E-state index is 12.0. The first-order valence-electron chi connectivity index (χ1n) is 6.98. The summed E-state index contributed by atoms with van der Waals surface area (Å²) < 4.78 is 0. The van der Waals surface area contributed by atoms with Crippen molar-refractivity contribution in [2.45, 2.75) is 44.3 Å². The second kappa shape index (κ2) is 10.8. The van der Waals surface area contributed by atoms with Crippen LogP contribution in [0.15, 0.2) is 0 Å². The van der Waals surface area contributed by atoms with Gasteiger partial charge in [-0.25, -0.2) is 0 Å². The Kier molecular flexibility index (Phi) is 9.99. The van der Waals surface area contributed by atoms with Crippen LogP contribution < -0.4 is 16.4 Å². The molecule has 132 valence electrons. The molecule has 2 amide bonds. The van der Waals surface area contributed by atoms with E-state index in [-0.39, 0.29) is 12.8 Å². The Morgan fingerprint density at radius 1 is 1.09 bits per heavy atom. The standard InChI is InChI=1S/C13H23N3O6S/c1-7(13(21)22)15-12(20)9(3-4-10(17)18)16-11(19)8(14)5-6-23-2/h7-9H,3-6,14H2,1-2H3,(H,15,20)(H,16,19)(H,17,18)(H,21,22). The summed E-state index contributed by atoms with van der Waals surface area (Å²) in [5.74, 6) is -3.04. The minimum absolute atomic E-state index is 0.158. The van der Waals surface area contributed by atoms with Gasteiger partial charge in [-0.05, 0) is 31.8 Å². The number of thioether (sulfide) groups is 1. The molecule has 0 aromatic carbocycles. The number of nitrogens with two attached hydrogens (primary N) is 1. The Labute approximate surface area is 138 Å². The van der Waals surface area contributed by atoms with E-state index < -0.39 is 41.9 Å². The highest BCUT2D eigenvalue weighted by Crippen LogP contribution is 2.03. The number of carboxylic acids is 2. The summed E-state index contributed by atoms with van der Waals surface area (Å²) in [6.45, 7) is 1.26. The molecule has 0 aliphatic rings. The lowest BCUT2D eigenvalue weighted by atomic mass is 10.1. The van der Waals surface area contributed by atoms with Crippen molar-refractivity contribution in [1.82, 2.24) is 10.6 Å². The number of hydrogen-bond acceptors (Lipinski definition) is 6. The van der Waals surface area contributed by atoms with Crippen LogP contribution in [0.25, 0.3) is 0 Å². The molecule has 10 heteroatoms. The lowest BCUT2D eigenvalue weighted by molar-refractivity contribution is -0.142. The second-order valence-electron chi connectivity index (χ2n) is 4.95. The van der Waals surface area contributed by atoms with E-state index in [1.807, 2.05) is 6.26 Å². The zero-order valence-electron chi connectivity index (χ0n) is 13.1. The largest absolute Gasteiger partial charge is 0.481 e. The van der Waals surface area contributed by atoms with E-state index in [1.54, 1.807) is 0 Å². The van der Waals surface area contributed by atoms with Gasteiger partial charge in [-0.15, -0.1) is 0 Å². The first-order valence-corrected chi connectivity index (χ1v) is 8.38. The summed E-state index contributed by atoms with van der Waals surface area (Å²) in [5, 5.41) is 22.1. The van der Waals surface area contributed by atoms with E-state index >= 15 is 0 Å². The third kappa shape index (κ3) is 9.04. The van der Waals surface area contributed by atoms with Crippen molar-refractivity contribution in [1.29, 1.82) is 0 Å². The number of amides is 2. The third-order valence-electron chi connectivity index (χ3n) is 2.98. The van der Waals surface area contributed by atoms with Gasteiger partial charge in [-0.1, -0.05) is 0 Å². The van der Waals surface area contributed by atoms with Gasteiger partial charge in [-0.3, -0.25) is 19.2 Å². The van der Waals surface area contributed by atoms with Gasteiger partial charge in [0.2, 0.25) is 11.8 Å². The molecule has 0 spiro atoms. The van der Waals surface area contributed by atoms with Crippen molar-refractivity contribution < 1.29 is 29.4 Å². The number of carboxylic acid groups (broad SMARTS) is 2. The Balaban J connectivity index is 4.78. The molecule has 0 aromatic rings. The molecule has 0 aliphatic heterocycles. The number of aliphatic carboxylic acids is 2. The van der Waals surface area contributed by atoms with Crippen LogP contribution in [0.1, 0.15) is 26.2 Å². The van der Waals surface area contributed by atoms with Crippen LogP contribution >= 0.6 is 11.8 Å². The molecule has 0 saturated heterocycles. The number of carbonyl (C=O) groups excluding carboxylic acids is 2. The molecule has 0 rings (SSSR count). The minimum atomic E-state index is -1.24. The number of hydrogen-bond donors (Lipinski definition) is 5. The highest BCUT2D eigenvalue weighted by Gasteiger charge is 2.26. The summed E-state index contributed by atoms with van der Waals surface area (Å²) in [4.78, 5) is 45.4. The first kappa shape index (κ1) is 21.2. The average molecular weight is 349 g/mol. The second-order valence-corrected chi connectivity index (χ2v) is 5.94. The lowest BCUT2D eigenvalue weighted by Gasteiger charge is -2.21. The van der Waals surface area contributed by atoms with Gasteiger partial charge >= 0.3 is 11.9 Å². The Morgan fingerprint density at radius 2 is 1.70 bits per heavy atom. The van der Waals surface area contributed by atoms with Crippen LogP contribution in [0, 0.1) is 0 Å². The maximum Gasteiger partial charge on any atom is 0.325 e. The predicted molar refractivity (Wildman–Crippen MR) is 85.0 cm³/mol. The fourth-order valence-corrected chi connectivity index (χ4v) is 2.06. The Hall–Kier alpha value is -1.81. The maximum absolute atomic E-state index is 12.0. The van der Waals surface area contributed by atoms with Gasteiger partial charge in [0.15, 0.2) is 0 Å². The van der Waals surface area contributed by atoms with E-state index in [1.165, 1.54) is 18.7 Å². The summed E-state index contributed by atoms with van der Waals surface area (Å²) >= 11 is 1.52. The van der Waals surface area contributed by atoms with E-state index in [2.05, 4.69) is 10.6 Å². The smallest absolute Gasteiger partial charge is 0.325 e. The minimum Gasteiger partial charge on any atom is -0.481 e. The average Bonchev–Trinajstić information content (AvgIpc) is 2.47. The number of rotatable bonds is 11. The van der Waals surface area contributed by atoms with Crippen LogP contribution in [0.5, 0.6) is 0 Å². The molecule has 3 unspecified atom stereocenters. The zero-order chi connectivity index (χ0) is 18.0. The fraction of sp³-hybridized carbons (Fsp3) is 0.692. The number of nitrogens with one attached hydrogen (secondary N) is 2. The highest BCUT2D eigenvalue weighted by atomic mass is 32.2. The predicted octanol–water partition coefficient (Wildman–Crippen LogP) is -0.994. The topological polar surface area (TPSA) is 159 Å². The molecule has 3 atom stereocenters. The van der Waals surface area contributed by atoms with Crippen molar-refractivity contribution in [2.75, 3.05) is 12.0 Å². The first-order chi connectivity index (χ1) is 10.7. The Bertz CT molecular complexity index is 445.